The van der Waals surface area contributed by atoms with Gasteiger partial charge in [0, 0.05) is 11.8 Å². The van der Waals surface area contributed by atoms with E-state index >= 15 is 0 Å². The van der Waals surface area contributed by atoms with Crippen LogP contribution in [0.15, 0.2) is 0 Å². The molecule has 0 saturated carbocycles. The molecule has 2 nitrogen and oxygen atoms in total. The maximum Gasteiger partial charge on any atom is 0.0719 e. The Balaban J connectivity index is 2.75. The molecule has 90 valence electrons. The monoisotopic (exact) mass is 214 g/mol. The fraction of sp³-hybridized carbons (Fsp3) is 1.00. The zero-order valence-electron chi connectivity index (χ0n) is 10.8. The van der Waals surface area contributed by atoms with Crippen LogP contribution in [-0.2, 0) is 4.74 Å². The molecule has 1 aliphatic rings. The minimum atomic E-state index is -0.596. The van der Waals surface area contributed by atoms with Crippen LogP contribution in [0.4, 0.5) is 0 Å². The Bertz CT molecular complexity index is 209. The third-order valence-electron chi connectivity index (χ3n) is 4.48. The predicted molar refractivity (Wildman–Crippen MR) is 62.8 cm³/mol. The number of ether oxygens (including phenoxy) is 1. The second-order valence-corrected chi connectivity index (χ2v) is 5.58. The molecule has 15 heavy (non-hydrogen) atoms. The van der Waals surface area contributed by atoms with Crippen LogP contribution in [-0.4, -0.2) is 22.9 Å². The minimum absolute atomic E-state index is 0.147. The summed E-state index contributed by atoms with van der Waals surface area (Å²) >= 11 is 0. The van der Waals surface area contributed by atoms with Gasteiger partial charge in [-0.05, 0) is 20.3 Å². The molecule has 1 saturated heterocycles. The lowest BCUT2D eigenvalue weighted by Crippen LogP contribution is -2.58. The molecule has 1 fully saturated rings. The summed E-state index contributed by atoms with van der Waals surface area (Å²) in [4.78, 5) is 0. The molecule has 0 aromatic carbocycles. The molecule has 1 heterocycles. The Morgan fingerprint density at radius 1 is 1.33 bits per heavy atom. The van der Waals surface area contributed by atoms with E-state index in [9.17, 15) is 5.11 Å². The zero-order chi connectivity index (χ0) is 11.7. The first-order valence-corrected chi connectivity index (χ1v) is 6.21. The molecule has 2 heteroatoms. The molecule has 0 aliphatic carbocycles. The lowest BCUT2D eigenvalue weighted by atomic mass is 9.68. The number of hydrogen-bond acceptors (Lipinski definition) is 2. The Kier molecular flexibility index (Phi) is 3.83. The van der Waals surface area contributed by atoms with Crippen LogP contribution in [0.1, 0.15) is 53.9 Å². The van der Waals surface area contributed by atoms with Gasteiger partial charge in [-0.15, -0.1) is 0 Å². The van der Waals surface area contributed by atoms with Crippen LogP contribution >= 0.6 is 0 Å². The van der Waals surface area contributed by atoms with Crippen LogP contribution in [0, 0.1) is 11.8 Å². The van der Waals surface area contributed by atoms with Gasteiger partial charge in [-0.3, -0.25) is 0 Å². The average molecular weight is 214 g/mol. The second-order valence-electron chi connectivity index (χ2n) is 5.58. The molecule has 4 atom stereocenters. The normalized spacial score (nSPS) is 46.8. The van der Waals surface area contributed by atoms with E-state index in [1.807, 2.05) is 6.92 Å². The van der Waals surface area contributed by atoms with Crippen molar-refractivity contribution in [1.82, 2.24) is 0 Å². The van der Waals surface area contributed by atoms with Gasteiger partial charge in [-0.2, -0.15) is 0 Å². The van der Waals surface area contributed by atoms with E-state index in [0.29, 0.717) is 6.61 Å². The lowest BCUT2D eigenvalue weighted by molar-refractivity contribution is -0.219. The number of rotatable bonds is 3. The molecule has 0 unspecified atom stereocenters. The summed E-state index contributed by atoms with van der Waals surface area (Å²) in [6, 6.07) is 0. The minimum Gasteiger partial charge on any atom is -0.389 e. The standard InChI is InChI=1S/C13H26O2/c1-6-7-8-12(4)11(3)13(5,14)10(2)9-15-12/h10-11,14H,6-9H2,1-5H3/t10-,11+,12-,13-/m1/s1. The van der Waals surface area contributed by atoms with Gasteiger partial charge in [0.1, 0.15) is 0 Å². The number of unbranched alkanes of at least 4 members (excludes halogenated alkanes) is 1. The van der Waals surface area contributed by atoms with Gasteiger partial charge >= 0.3 is 0 Å². The third kappa shape index (κ3) is 2.36. The lowest BCUT2D eigenvalue weighted by Gasteiger charge is -2.51. The Labute approximate surface area is 94.0 Å². The second kappa shape index (κ2) is 4.42. The first-order chi connectivity index (χ1) is 6.84. The van der Waals surface area contributed by atoms with Crippen molar-refractivity contribution in [1.29, 1.82) is 0 Å². The van der Waals surface area contributed by atoms with E-state index in [4.69, 9.17) is 4.74 Å². The Morgan fingerprint density at radius 3 is 2.47 bits per heavy atom. The van der Waals surface area contributed by atoms with Crippen molar-refractivity contribution in [2.45, 2.75) is 65.1 Å². The topological polar surface area (TPSA) is 29.5 Å². The van der Waals surface area contributed by atoms with Crippen LogP contribution in [0.25, 0.3) is 0 Å². The van der Waals surface area contributed by atoms with Crippen molar-refractivity contribution in [2.24, 2.45) is 11.8 Å². The average Bonchev–Trinajstić information content (AvgIpc) is 2.20. The summed E-state index contributed by atoms with van der Waals surface area (Å²) < 4.78 is 5.97. The molecule has 0 spiro atoms. The van der Waals surface area contributed by atoms with Crippen molar-refractivity contribution in [2.75, 3.05) is 6.61 Å². The van der Waals surface area contributed by atoms with Gasteiger partial charge in [-0.25, -0.2) is 0 Å². The number of hydrogen-bond donors (Lipinski definition) is 1. The molecular formula is C13H26O2. The summed E-state index contributed by atoms with van der Waals surface area (Å²) in [5.74, 6) is 0.419. The Morgan fingerprint density at radius 2 is 1.93 bits per heavy atom. The quantitative estimate of drug-likeness (QED) is 0.782. The number of aliphatic hydroxyl groups is 1. The third-order valence-corrected chi connectivity index (χ3v) is 4.48. The maximum absolute atomic E-state index is 10.5. The molecular weight excluding hydrogens is 188 g/mol. The largest absolute Gasteiger partial charge is 0.389 e. The van der Waals surface area contributed by atoms with Crippen LogP contribution < -0.4 is 0 Å². The first kappa shape index (κ1) is 13.0. The van der Waals surface area contributed by atoms with Crippen molar-refractivity contribution in [3.63, 3.8) is 0 Å². The highest BCUT2D eigenvalue weighted by Crippen LogP contribution is 2.43. The summed E-state index contributed by atoms with van der Waals surface area (Å²) in [5, 5.41) is 10.5. The molecule has 0 aromatic heterocycles. The molecule has 0 amide bonds. The molecule has 1 aliphatic heterocycles. The highest BCUT2D eigenvalue weighted by molar-refractivity contribution is 4.99. The van der Waals surface area contributed by atoms with Gasteiger partial charge in [0.15, 0.2) is 0 Å². The fourth-order valence-electron chi connectivity index (χ4n) is 2.47. The smallest absolute Gasteiger partial charge is 0.0719 e. The van der Waals surface area contributed by atoms with Crippen molar-refractivity contribution in [3.05, 3.63) is 0 Å². The molecule has 1 N–H and O–H groups in total. The highest BCUT2D eigenvalue weighted by atomic mass is 16.5. The van der Waals surface area contributed by atoms with Crippen molar-refractivity contribution >= 4 is 0 Å². The van der Waals surface area contributed by atoms with E-state index in [1.54, 1.807) is 0 Å². The molecule has 0 aromatic rings. The summed E-state index contributed by atoms with van der Waals surface area (Å²) in [6.45, 7) is 11.2. The van der Waals surface area contributed by atoms with Gasteiger partial charge < -0.3 is 9.84 Å². The maximum atomic E-state index is 10.5. The molecule has 0 bridgehead atoms. The van der Waals surface area contributed by atoms with Crippen LogP contribution in [0.5, 0.6) is 0 Å². The van der Waals surface area contributed by atoms with E-state index in [2.05, 4.69) is 27.7 Å². The van der Waals surface area contributed by atoms with Crippen molar-refractivity contribution in [3.8, 4) is 0 Å². The Hall–Kier alpha value is -0.0800. The molecule has 0 radical (unpaired) electrons. The van der Waals surface area contributed by atoms with Crippen LogP contribution in [0.3, 0.4) is 0 Å². The van der Waals surface area contributed by atoms with E-state index in [0.717, 1.165) is 6.42 Å². The van der Waals surface area contributed by atoms with Gasteiger partial charge in [0.2, 0.25) is 0 Å². The summed E-state index contributed by atoms with van der Waals surface area (Å²) in [6.07, 6.45) is 3.40. The van der Waals surface area contributed by atoms with Gasteiger partial charge in [0.25, 0.3) is 0 Å². The SMILES string of the molecule is CCCC[C@@]1(C)OC[C@@H](C)[C@@](C)(O)[C@H]1C. The fourth-order valence-corrected chi connectivity index (χ4v) is 2.47. The van der Waals surface area contributed by atoms with Crippen LogP contribution in [0.2, 0.25) is 0 Å². The van der Waals surface area contributed by atoms with Gasteiger partial charge in [-0.1, -0.05) is 33.6 Å². The summed E-state index contributed by atoms with van der Waals surface area (Å²) in [5.41, 5.74) is -0.743. The molecule has 1 rings (SSSR count). The predicted octanol–water partition coefficient (Wildman–Crippen LogP) is 2.99. The van der Waals surface area contributed by atoms with Crippen molar-refractivity contribution < 1.29 is 9.84 Å². The van der Waals surface area contributed by atoms with E-state index < -0.39 is 5.60 Å². The van der Waals surface area contributed by atoms with E-state index in [-0.39, 0.29) is 17.4 Å². The highest BCUT2D eigenvalue weighted by Gasteiger charge is 2.49. The first-order valence-electron chi connectivity index (χ1n) is 6.21. The summed E-state index contributed by atoms with van der Waals surface area (Å²) in [7, 11) is 0. The van der Waals surface area contributed by atoms with Gasteiger partial charge in [0.05, 0.1) is 17.8 Å². The van der Waals surface area contributed by atoms with E-state index in [1.165, 1.54) is 12.8 Å². The zero-order valence-corrected chi connectivity index (χ0v) is 10.8.